The molecule has 1 unspecified atom stereocenters. The lowest BCUT2D eigenvalue weighted by atomic mass is 9.74. The molecular weight excluding hydrogens is 263 g/mol. The smallest absolute Gasteiger partial charge is 0.411 e. The molecule has 7 heteroatoms. The van der Waals surface area contributed by atoms with Crippen LogP contribution in [0.1, 0.15) is 27.2 Å². The van der Waals surface area contributed by atoms with E-state index in [-0.39, 0.29) is 32.1 Å². The largest absolute Gasteiger partial charge is 0.466 e. The summed E-state index contributed by atoms with van der Waals surface area (Å²) >= 11 is 0. The summed E-state index contributed by atoms with van der Waals surface area (Å²) in [6.07, 6.45) is -4.26. The minimum Gasteiger partial charge on any atom is -0.466 e. The minimum atomic E-state index is -4.37. The molecule has 0 heterocycles. The highest BCUT2D eigenvalue weighted by Crippen LogP contribution is 2.32. The van der Waals surface area contributed by atoms with Gasteiger partial charge in [-0.2, -0.15) is 13.2 Å². The van der Waals surface area contributed by atoms with Crippen molar-refractivity contribution >= 4 is 5.97 Å². The second-order valence-corrected chi connectivity index (χ2v) is 4.65. The van der Waals surface area contributed by atoms with Crippen LogP contribution in [0, 0.1) is 11.3 Å². The number of ether oxygens (including phenoxy) is 2. The maximum atomic E-state index is 12.0. The van der Waals surface area contributed by atoms with E-state index in [1.807, 2.05) is 0 Å². The number of rotatable bonds is 8. The van der Waals surface area contributed by atoms with Crippen molar-refractivity contribution in [3.05, 3.63) is 0 Å². The van der Waals surface area contributed by atoms with E-state index < -0.39 is 24.2 Å². The molecule has 0 aromatic heterocycles. The van der Waals surface area contributed by atoms with Crippen molar-refractivity contribution in [2.75, 3.05) is 26.4 Å². The van der Waals surface area contributed by atoms with Gasteiger partial charge in [0, 0.05) is 13.2 Å². The summed E-state index contributed by atoms with van der Waals surface area (Å²) in [7, 11) is 0. The summed E-state index contributed by atoms with van der Waals surface area (Å²) in [6, 6.07) is 0. The second-order valence-electron chi connectivity index (χ2n) is 4.65. The summed E-state index contributed by atoms with van der Waals surface area (Å²) in [5.74, 6) is -0.630. The van der Waals surface area contributed by atoms with Gasteiger partial charge in [0.15, 0.2) is 0 Å². The molecule has 0 radical (unpaired) electrons. The molecular formula is C12H22F3NO3. The van der Waals surface area contributed by atoms with Gasteiger partial charge >= 0.3 is 12.1 Å². The lowest BCUT2D eigenvalue weighted by Gasteiger charge is -2.33. The Kier molecular flexibility index (Phi) is 7.36. The maximum absolute atomic E-state index is 12.0. The van der Waals surface area contributed by atoms with Gasteiger partial charge in [0.1, 0.15) is 6.61 Å². The van der Waals surface area contributed by atoms with Crippen LogP contribution in [0.3, 0.4) is 0 Å². The van der Waals surface area contributed by atoms with Gasteiger partial charge in [0.2, 0.25) is 0 Å². The predicted octanol–water partition coefficient (Wildman–Crippen LogP) is 2.12. The molecule has 2 N–H and O–H groups in total. The number of carbonyl (C=O) groups is 1. The third-order valence-electron chi connectivity index (χ3n) is 3.11. The van der Waals surface area contributed by atoms with Gasteiger partial charge in [-0.3, -0.25) is 4.79 Å². The number of hydrogen-bond acceptors (Lipinski definition) is 4. The molecule has 0 bridgehead atoms. The molecule has 1 atom stereocenters. The fourth-order valence-corrected chi connectivity index (χ4v) is 1.76. The highest BCUT2D eigenvalue weighted by atomic mass is 19.4. The van der Waals surface area contributed by atoms with Crippen molar-refractivity contribution in [1.82, 2.24) is 0 Å². The predicted molar refractivity (Wildman–Crippen MR) is 64.4 cm³/mol. The minimum absolute atomic E-state index is 0.0128. The molecule has 0 spiro atoms. The van der Waals surface area contributed by atoms with Crippen LogP contribution in [0.15, 0.2) is 0 Å². The van der Waals surface area contributed by atoms with E-state index in [4.69, 9.17) is 10.5 Å². The first-order chi connectivity index (χ1) is 8.69. The van der Waals surface area contributed by atoms with Crippen LogP contribution < -0.4 is 5.73 Å². The first-order valence-electron chi connectivity index (χ1n) is 6.21. The Morgan fingerprint density at radius 2 is 1.89 bits per heavy atom. The van der Waals surface area contributed by atoms with Crippen molar-refractivity contribution in [1.29, 1.82) is 0 Å². The average Bonchev–Trinajstić information content (AvgIpc) is 2.28. The molecule has 19 heavy (non-hydrogen) atoms. The van der Waals surface area contributed by atoms with Crippen LogP contribution in [0.25, 0.3) is 0 Å². The number of hydrogen-bond donors (Lipinski definition) is 1. The Labute approximate surface area is 111 Å². The van der Waals surface area contributed by atoms with Gasteiger partial charge < -0.3 is 15.2 Å². The number of alkyl halides is 3. The molecule has 0 rings (SSSR count). The molecule has 0 fully saturated rings. The number of nitrogens with two attached hydrogens (primary N) is 1. The average molecular weight is 285 g/mol. The van der Waals surface area contributed by atoms with Gasteiger partial charge in [-0.15, -0.1) is 0 Å². The van der Waals surface area contributed by atoms with E-state index in [1.54, 1.807) is 20.8 Å². The van der Waals surface area contributed by atoms with Gasteiger partial charge in [-0.1, -0.05) is 13.8 Å². The summed E-state index contributed by atoms with van der Waals surface area (Å²) in [6.45, 7) is 3.94. The Morgan fingerprint density at radius 1 is 1.32 bits per heavy atom. The Balaban J connectivity index is 4.56. The van der Waals surface area contributed by atoms with Gasteiger partial charge in [0.25, 0.3) is 0 Å². The van der Waals surface area contributed by atoms with Crippen molar-refractivity contribution in [2.45, 2.75) is 33.4 Å². The quantitative estimate of drug-likeness (QED) is 0.548. The van der Waals surface area contributed by atoms with E-state index in [0.29, 0.717) is 0 Å². The molecule has 0 aliphatic heterocycles. The number of halogens is 3. The summed E-state index contributed by atoms with van der Waals surface area (Å²) in [5.41, 5.74) is 4.63. The lowest BCUT2D eigenvalue weighted by Crippen LogP contribution is -2.45. The molecule has 4 nitrogen and oxygen atoms in total. The summed E-state index contributed by atoms with van der Waals surface area (Å²) < 4.78 is 45.4. The fourth-order valence-electron chi connectivity index (χ4n) is 1.76. The zero-order chi connectivity index (χ0) is 15.1. The number of carbonyl (C=O) groups excluding carboxylic acids is 1. The topological polar surface area (TPSA) is 61.5 Å². The van der Waals surface area contributed by atoms with E-state index in [9.17, 15) is 18.0 Å². The first kappa shape index (κ1) is 18.2. The van der Waals surface area contributed by atoms with Crippen LogP contribution in [-0.2, 0) is 14.3 Å². The van der Waals surface area contributed by atoms with Gasteiger partial charge in [-0.05, 0) is 19.3 Å². The van der Waals surface area contributed by atoms with Crippen molar-refractivity contribution in [2.24, 2.45) is 17.1 Å². The molecule has 0 aromatic rings. The van der Waals surface area contributed by atoms with E-state index >= 15 is 0 Å². The molecule has 114 valence electrons. The molecule has 0 saturated heterocycles. The molecule has 0 aliphatic carbocycles. The number of esters is 1. The third kappa shape index (κ3) is 5.78. The third-order valence-corrected chi connectivity index (χ3v) is 3.11. The molecule has 0 saturated carbocycles. The van der Waals surface area contributed by atoms with E-state index in [1.165, 1.54) is 0 Å². The van der Waals surface area contributed by atoms with Crippen molar-refractivity contribution in [3.63, 3.8) is 0 Å². The van der Waals surface area contributed by atoms with Crippen molar-refractivity contribution in [3.8, 4) is 0 Å². The normalized spacial score (nSPS) is 15.4. The SMILES string of the molecule is CCOC(=O)C(CN)(CCOCC(F)(F)F)C(C)C. The van der Waals surface area contributed by atoms with Crippen LogP contribution in [0.5, 0.6) is 0 Å². The highest BCUT2D eigenvalue weighted by molar-refractivity contribution is 5.77. The van der Waals surface area contributed by atoms with Crippen molar-refractivity contribution < 1.29 is 27.4 Å². The standard InChI is InChI=1S/C12H22F3NO3/c1-4-19-10(17)11(7-16,9(2)3)5-6-18-8-12(13,14)15/h9H,4-8,16H2,1-3H3. The second kappa shape index (κ2) is 7.69. The van der Waals surface area contributed by atoms with E-state index in [0.717, 1.165) is 0 Å². The van der Waals surface area contributed by atoms with Crippen LogP contribution in [0.2, 0.25) is 0 Å². The molecule has 0 aliphatic rings. The zero-order valence-corrected chi connectivity index (χ0v) is 11.5. The monoisotopic (exact) mass is 285 g/mol. The zero-order valence-electron chi connectivity index (χ0n) is 11.5. The Bertz CT molecular complexity index is 282. The maximum Gasteiger partial charge on any atom is 0.411 e. The highest BCUT2D eigenvalue weighted by Gasteiger charge is 2.41. The first-order valence-corrected chi connectivity index (χ1v) is 6.21. The Morgan fingerprint density at radius 3 is 2.26 bits per heavy atom. The van der Waals surface area contributed by atoms with Gasteiger partial charge in [-0.25, -0.2) is 0 Å². The molecule has 0 amide bonds. The van der Waals surface area contributed by atoms with Crippen LogP contribution in [0.4, 0.5) is 13.2 Å². The van der Waals surface area contributed by atoms with Crippen LogP contribution >= 0.6 is 0 Å². The van der Waals surface area contributed by atoms with Gasteiger partial charge in [0.05, 0.1) is 12.0 Å². The summed E-state index contributed by atoms with van der Waals surface area (Å²) in [4.78, 5) is 11.9. The Hall–Kier alpha value is -0.820. The summed E-state index contributed by atoms with van der Waals surface area (Å²) in [5, 5.41) is 0. The van der Waals surface area contributed by atoms with Crippen LogP contribution in [-0.4, -0.2) is 38.5 Å². The van der Waals surface area contributed by atoms with E-state index in [2.05, 4.69) is 4.74 Å². The fraction of sp³-hybridized carbons (Fsp3) is 0.917. The molecule has 0 aromatic carbocycles. The lowest BCUT2D eigenvalue weighted by molar-refractivity contribution is -0.178.